The van der Waals surface area contributed by atoms with Crippen molar-refractivity contribution >= 4 is 12.1 Å². The minimum atomic E-state index is -0.699. The molecule has 1 aromatic rings. The lowest BCUT2D eigenvalue weighted by Crippen LogP contribution is -2.45. The molecule has 0 aliphatic carbocycles. The van der Waals surface area contributed by atoms with E-state index in [-0.39, 0.29) is 12.0 Å². The molecule has 0 unspecified atom stereocenters. The summed E-state index contributed by atoms with van der Waals surface area (Å²) in [4.78, 5) is 26.1. The predicted molar refractivity (Wildman–Crippen MR) is 82.1 cm³/mol. The van der Waals surface area contributed by atoms with Crippen molar-refractivity contribution in [2.75, 3.05) is 0 Å². The number of ether oxygens (including phenoxy) is 2. The van der Waals surface area contributed by atoms with Crippen molar-refractivity contribution in [1.29, 1.82) is 0 Å². The molecule has 0 radical (unpaired) electrons. The second-order valence-electron chi connectivity index (χ2n) is 6.14. The Labute approximate surface area is 131 Å². The van der Waals surface area contributed by atoms with Crippen molar-refractivity contribution in [2.45, 2.75) is 52.5 Å². The zero-order valence-corrected chi connectivity index (χ0v) is 13.5. The second kappa shape index (κ2) is 6.81. The van der Waals surface area contributed by atoms with Gasteiger partial charge in [-0.25, -0.2) is 9.59 Å². The largest absolute Gasteiger partial charge is 0.461 e. The second-order valence-corrected chi connectivity index (χ2v) is 6.14. The lowest BCUT2D eigenvalue weighted by Gasteiger charge is -2.25. The fraction of sp³-hybridized carbons (Fsp3) is 0.529. The highest BCUT2D eigenvalue weighted by molar-refractivity contribution is 5.85. The van der Waals surface area contributed by atoms with Crippen LogP contribution in [0.2, 0.25) is 0 Å². The van der Waals surface area contributed by atoms with E-state index in [0.717, 1.165) is 5.56 Å². The van der Waals surface area contributed by atoms with Gasteiger partial charge in [0.25, 0.3) is 0 Å². The van der Waals surface area contributed by atoms with Gasteiger partial charge >= 0.3 is 12.1 Å². The number of amides is 1. The van der Waals surface area contributed by atoms with E-state index in [1.807, 2.05) is 44.2 Å². The van der Waals surface area contributed by atoms with Crippen LogP contribution in [0.3, 0.4) is 0 Å². The number of benzene rings is 1. The molecule has 1 aliphatic heterocycles. The summed E-state index contributed by atoms with van der Waals surface area (Å²) in [6, 6.07) is 8.85. The lowest BCUT2D eigenvalue weighted by atomic mass is 9.99. The van der Waals surface area contributed by atoms with Gasteiger partial charge in [0.2, 0.25) is 0 Å². The van der Waals surface area contributed by atoms with Crippen LogP contribution in [0.1, 0.15) is 33.3 Å². The molecule has 1 aromatic carbocycles. The van der Waals surface area contributed by atoms with Gasteiger partial charge in [0.1, 0.15) is 6.10 Å². The maximum Gasteiger partial charge on any atom is 0.411 e. The van der Waals surface area contributed by atoms with Crippen molar-refractivity contribution in [3.05, 3.63) is 35.9 Å². The number of esters is 1. The van der Waals surface area contributed by atoms with Crippen LogP contribution in [0.25, 0.3) is 0 Å². The number of cyclic esters (lactones) is 1. The summed E-state index contributed by atoms with van der Waals surface area (Å²) < 4.78 is 10.7. The van der Waals surface area contributed by atoms with Crippen molar-refractivity contribution in [2.24, 2.45) is 5.92 Å². The van der Waals surface area contributed by atoms with Crippen LogP contribution in [-0.2, 0) is 20.8 Å². The molecule has 0 N–H and O–H groups in total. The number of nitrogens with zero attached hydrogens (tertiary/aromatic N) is 1. The quantitative estimate of drug-likeness (QED) is 0.785. The van der Waals surface area contributed by atoms with Crippen LogP contribution >= 0.6 is 0 Å². The number of carbonyl (C=O) groups excluding carboxylic acids is 2. The van der Waals surface area contributed by atoms with Gasteiger partial charge in [-0.15, -0.1) is 0 Å². The fourth-order valence-electron chi connectivity index (χ4n) is 2.55. The summed E-state index contributed by atoms with van der Waals surface area (Å²) in [6.45, 7) is 7.78. The number of hydrogen-bond acceptors (Lipinski definition) is 4. The summed E-state index contributed by atoms with van der Waals surface area (Å²) in [7, 11) is 0. The first-order valence-corrected chi connectivity index (χ1v) is 7.61. The van der Waals surface area contributed by atoms with Gasteiger partial charge in [0, 0.05) is 0 Å². The number of carbonyl (C=O) groups is 2. The molecule has 1 saturated heterocycles. The van der Waals surface area contributed by atoms with E-state index in [4.69, 9.17) is 9.47 Å². The Morgan fingerprint density at radius 2 is 1.86 bits per heavy atom. The van der Waals surface area contributed by atoms with Crippen LogP contribution in [0, 0.1) is 5.92 Å². The Morgan fingerprint density at radius 1 is 1.23 bits per heavy atom. The van der Waals surface area contributed by atoms with Gasteiger partial charge in [-0.05, 0) is 25.3 Å². The summed E-state index contributed by atoms with van der Waals surface area (Å²) >= 11 is 0. The Hall–Kier alpha value is -2.04. The molecule has 0 bridgehead atoms. The molecule has 5 heteroatoms. The van der Waals surface area contributed by atoms with Crippen molar-refractivity contribution in [3.8, 4) is 0 Å². The summed E-state index contributed by atoms with van der Waals surface area (Å²) in [5.74, 6) is -0.370. The first kappa shape index (κ1) is 16.3. The van der Waals surface area contributed by atoms with E-state index in [9.17, 15) is 9.59 Å². The Morgan fingerprint density at radius 3 is 2.41 bits per heavy atom. The molecule has 1 heterocycles. The van der Waals surface area contributed by atoms with Crippen LogP contribution in [0.5, 0.6) is 0 Å². The third kappa shape index (κ3) is 3.59. The topological polar surface area (TPSA) is 55.8 Å². The SMILES string of the molecule is CC(C)OC(=O)[C@H]1[C@H](C(C)C)OC(=O)N1Cc1ccccc1. The van der Waals surface area contributed by atoms with Crippen LogP contribution in [0.15, 0.2) is 30.3 Å². The van der Waals surface area contributed by atoms with Gasteiger partial charge < -0.3 is 9.47 Å². The summed E-state index contributed by atoms with van der Waals surface area (Å²) in [5.41, 5.74) is 0.950. The van der Waals surface area contributed by atoms with E-state index < -0.39 is 24.2 Å². The molecule has 1 amide bonds. The van der Waals surface area contributed by atoms with E-state index in [1.54, 1.807) is 13.8 Å². The minimum absolute atomic E-state index is 0.0365. The molecule has 120 valence electrons. The number of hydrogen-bond donors (Lipinski definition) is 0. The molecule has 0 aromatic heterocycles. The van der Waals surface area contributed by atoms with E-state index in [2.05, 4.69) is 0 Å². The maximum absolute atomic E-state index is 12.4. The van der Waals surface area contributed by atoms with Crippen molar-refractivity contribution < 1.29 is 19.1 Å². The van der Waals surface area contributed by atoms with Crippen LogP contribution < -0.4 is 0 Å². The minimum Gasteiger partial charge on any atom is -0.461 e. The summed E-state index contributed by atoms with van der Waals surface area (Å²) in [6.07, 6.45) is -1.18. The molecule has 0 saturated carbocycles. The third-order valence-electron chi connectivity index (χ3n) is 3.56. The first-order chi connectivity index (χ1) is 10.4. The predicted octanol–water partition coefficient (Wildman–Crippen LogP) is 2.98. The van der Waals surface area contributed by atoms with Gasteiger partial charge in [-0.1, -0.05) is 44.2 Å². The first-order valence-electron chi connectivity index (χ1n) is 7.61. The molecule has 1 fully saturated rings. The lowest BCUT2D eigenvalue weighted by molar-refractivity contribution is -0.154. The van der Waals surface area contributed by atoms with E-state index >= 15 is 0 Å². The average Bonchev–Trinajstić information content (AvgIpc) is 2.77. The Balaban J connectivity index is 2.24. The molecular formula is C17H23NO4. The molecule has 1 aliphatic rings. The zero-order valence-electron chi connectivity index (χ0n) is 13.5. The molecule has 2 atom stereocenters. The smallest absolute Gasteiger partial charge is 0.411 e. The Bertz CT molecular complexity index is 527. The molecule has 22 heavy (non-hydrogen) atoms. The van der Waals surface area contributed by atoms with Gasteiger partial charge in [-0.2, -0.15) is 0 Å². The highest BCUT2D eigenvalue weighted by Crippen LogP contribution is 2.28. The Kier molecular flexibility index (Phi) is 5.06. The molecular weight excluding hydrogens is 282 g/mol. The summed E-state index contributed by atoms with van der Waals surface area (Å²) in [5, 5.41) is 0. The maximum atomic E-state index is 12.4. The highest BCUT2D eigenvalue weighted by Gasteiger charge is 2.48. The van der Waals surface area contributed by atoms with Crippen LogP contribution in [-0.4, -0.2) is 35.2 Å². The average molecular weight is 305 g/mol. The van der Waals surface area contributed by atoms with Crippen molar-refractivity contribution in [3.63, 3.8) is 0 Å². The molecule has 0 spiro atoms. The monoisotopic (exact) mass is 305 g/mol. The van der Waals surface area contributed by atoms with Gasteiger partial charge in [0.15, 0.2) is 6.04 Å². The van der Waals surface area contributed by atoms with Gasteiger partial charge in [-0.3, -0.25) is 4.90 Å². The standard InChI is InChI=1S/C17H23NO4/c1-11(2)15-14(16(19)21-12(3)4)18(17(20)22-15)10-13-8-6-5-7-9-13/h5-9,11-12,14-15H,10H2,1-4H3/t14-,15+/m1/s1. The highest BCUT2D eigenvalue weighted by atomic mass is 16.6. The number of rotatable bonds is 5. The molecule has 2 rings (SSSR count). The zero-order chi connectivity index (χ0) is 16.3. The molecule has 5 nitrogen and oxygen atoms in total. The van der Waals surface area contributed by atoms with E-state index in [0.29, 0.717) is 6.54 Å². The van der Waals surface area contributed by atoms with Crippen molar-refractivity contribution in [1.82, 2.24) is 4.90 Å². The van der Waals surface area contributed by atoms with Gasteiger partial charge in [0.05, 0.1) is 12.6 Å². The third-order valence-corrected chi connectivity index (χ3v) is 3.56. The fourth-order valence-corrected chi connectivity index (χ4v) is 2.55. The normalized spacial score (nSPS) is 21.4. The van der Waals surface area contributed by atoms with Crippen LogP contribution in [0.4, 0.5) is 4.79 Å². The van der Waals surface area contributed by atoms with E-state index in [1.165, 1.54) is 4.90 Å².